The molecule has 0 amide bonds. The Morgan fingerprint density at radius 3 is 2.18 bits per heavy atom. The lowest BCUT2D eigenvalue weighted by Crippen LogP contribution is -2.11. The van der Waals surface area contributed by atoms with Crippen LogP contribution in [0.5, 0.6) is 0 Å². The van der Waals surface area contributed by atoms with E-state index in [0.29, 0.717) is 12.2 Å². The summed E-state index contributed by atoms with van der Waals surface area (Å²) in [7, 11) is -3.62. The third kappa shape index (κ3) is 4.98. The Kier molecular flexibility index (Phi) is 6.11. The Bertz CT molecular complexity index is 1050. The molecule has 0 aromatic heterocycles. The number of nitrogens with one attached hydrogen (secondary N) is 1. The van der Waals surface area contributed by atoms with Crippen LogP contribution < -0.4 is 5.32 Å². The van der Waals surface area contributed by atoms with E-state index in [2.05, 4.69) is 5.32 Å². The average molecular weight is 395 g/mol. The van der Waals surface area contributed by atoms with E-state index < -0.39 is 15.8 Å². The van der Waals surface area contributed by atoms with E-state index in [4.69, 9.17) is 0 Å². The molecule has 0 aliphatic heterocycles. The number of hydrogen-bond donors (Lipinski definition) is 2. The van der Waals surface area contributed by atoms with Crippen LogP contribution in [0.2, 0.25) is 0 Å². The Balaban J connectivity index is 1.75. The third-order valence-corrected chi connectivity index (χ3v) is 6.06. The number of benzene rings is 3. The molecule has 0 saturated heterocycles. The summed E-state index contributed by atoms with van der Waals surface area (Å²) in [5, 5.41) is 12.7. The molecular formula is C22H21NO4S. The summed E-state index contributed by atoms with van der Waals surface area (Å²) in [5.41, 5.74) is 2.09. The molecule has 0 atom stereocenters. The van der Waals surface area contributed by atoms with Crippen LogP contribution in [0.15, 0.2) is 83.8 Å². The number of carboxylic acid groups (broad SMARTS) is 1. The molecule has 5 nitrogen and oxygen atoms in total. The fourth-order valence-corrected chi connectivity index (χ4v) is 4.32. The minimum absolute atomic E-state index is 0.00998. The lowest BCUT2D eigenvalue weighted by molar-refractivity contribution is 0.0696. The predicted molar refractivity (Wildman–Crippen MR) is 109 cm³/mol. The van der Waals surface area contributed by atoms with Gasteiger partial charge in [-0.2, -0.15) is 0 Å². The zero-order valence-electron chi connectivity index (χ0n) is 15.2. The molecule has 28 heavy (non-hydrogen) atoms. The first-order chi connectivity index (χ1) is 13.5. The van der Waals surface area contributed by atoms with Crippen LogP contribution in [0.25, 0.3) is 0 Å². The number of anilines is 1. The summed E-state index contributed by atoms with van der Waals surface area (Å²) in [6.45, 7) is 0.644. The van der Waals surface area contributed by atoms with Crippen molar-refractivity contribution < 1.29 is 18.3 Å². The standard InChI is InChI=1S/C22H21NO4S/c24-22(25)21-15-19(23-14-13-17-7-3-1-4-8-17)12-11-18(21)16-28(26,27)20-9-5-2-6-10-20/h1-12,15,23H,13-14,16H2,(H,24,25). The van der Waals surface area contributed by atoms with Gasteiger partial charge in [0.2, 0.25) is 0 Å². The van der Waals surface area contributed by atoms with E-state index in [9.17, 15) is 18.3 Å². The highest BCUT2D eigenvalue weighted by molar-refractivity contribution is 7.90. The van der Waals surface area contributed by atoms with Crippen molar-refractivity contribution >= 4 is 21.5 Å². The molecule has 3 rings (SSSR count). The monoisotopic (exact) mass is 395 g/mol. The van der Waals surface area contributed by atoms with Crippen molar-refractivity contribution in [2.75, 3.05) is 11.9 Å². The normalized spacial score (nSPS) is 11.1. The molecule has 0 unspecified atom stereocenters. The Labute approximate surface area is 164 Å². The molecule has 0 heterocycles. The Hall–Kier alpha value is -3.12. The first-order valence-corrected chi connectivity index (χ1v) is 10.5. The average Bonchev–Trinajstić information content (AvgIpc) is 2.70. The zero-order valence-corrected chi connectivity index (χ0v) is 16.0. The molecule has 144 valence electrons. The topological polar surface area (TPSA) is 83.5 Å². The van der Waals surface area contributed by atoms with E-state index in [0.717, 1.165) is 6.42 Å². The molecule has 6 heteroatoms. The molecule has 3 aromatic carbocycles. The van der Waals surface area contributed by atoms with Gasteiger partial charge in [0.15, 0.2) is 9.84 Å². The van der Waals surface area contributed by atoms with Gasteiger partial charge in [0.25, 0.3) is 0 Å². The zero-order chi connectivity index (χ0) is 20.0. The number of sulfone groups is 1. The van der Waals surface area contributed by atoms with Crippen molar-refractivity contribution in [3.63, 3.8) is 0 Å². The van der Waals surface area contributed by atoms with Gasteiger partial charge in [0, 0.05) is 12.2 Å². The van der Waals surface area contributed by atoms with Gasteiger partial charge in [-0.25, -0.2) is 13.2 Å². The van der Waals surface area contributed by atoms with Crippen molar-refractivity contribution in [1.82, 2.24) is 0 Å². The summed E-state index contributed by atoms with van der Waals surface area (Å²) in [5.74, 6) is -1.51. The van der Waals surface area contributed by atoms with Gasteiger partial charge in [-0.15, -0.1) is 0 Å². The van der Waals surface area contributed by atoms with Gasteiger partial charge in [-0.1, -0.05) is 54.6 Å². The molecule has 0 bridgehead atoms. The van der Waals surface area contributed by atoms with E-state index in [-0.39, 0.29) is 21.8 Å². The van der Waals surface area contributed by atoms with Crippen LogP contribution in [0.4, 0.5) is 5.69 Å². The summed E-state index contributed by atoms with van der Waals surface area (Å²) >= 11 is 0. The molecule has 0 aliphatic carbocycles. The minimum atomic E-state index is -3.62. The molecule has 3 aromatic rings. The summed E-state index contributed by atoms with van der Waals surface area (Å²) in [6, 6.07) is 22.8. The first-order valence-electron chi connectivity index (χ1n) is 8.87. The molecular weight excluding hydrogens is 374 g/mol. The fraction of sp³-hybridized carbons (Fsp3) is 0.136. The number of carboxylic acids is 1. The number of aromatic carboxylic acids is 1. The van der Waals surface area contributed by atoms with Crippen molar-refractivity contribution in [1.29, 1.82) is 0 Å². The van der Waals surface area contributed by atoms with E-state index in [1.165, 1.54) is 23.8 Å². The van der Waals surface area contributed by atoms with Gasteiger partial charge in [0.05, 0.1) is 16.2 Å². The molecule has 0 radical (unpaired) electrons. The highest BCUT2D eigenvalue weighted by atomic mass is 32.2. The lowest BCUT2D eigenvalue weighted by atomic mass is 10.1. The quantitative estimate of drug-likeness (QED) is 0.602. The smallest absolute Gasteiger partial charge is 0.336 e. The summed E-state index contributed by atoms with van der Waals surface area (Å²) in [4.78, 5) is 11.8. The molecule has 2 N–H and O–H groups in total. The van der Waals surface area contributed by atoms with E-state index in [1.807, 2.05) is 30.3 Å². The first kappa shape index (κ1) is 19.6. The fourth-order valence-electron chi connectivity index (χ4n) is 2.92. The maximum absolute atomic E-state index is 12.6. The van der Waals surface area contributed by atoms with Crippen molar-refractivity contribution in [3.8, 4) is 0 Å². The third-order valence-electron chi connectivity index (χ3n) is 4.37. The van der Waals surface area contributed by atoms with Gasteiger partial charge < -0.3 is 10.4 Å². The van der Waals surface area contributed by atoms with Gasteiger partial charge in [-0.3, -0.25) is 0 Å². The van der Waals surface area contributed by atoms with Crippen LogP contribution in [0.3, 0.4) is 0 Å². The summed E-state index contributed by atoms with van der Waals surface area (Å²) in [6.07, 6.45) is 0.799. The van der Waals surface area contributed by atoms with Gasteiger partial charge >= 0.3 is 5.97 Å². The molecule has 0 aliphatic rings. The van der Waals surface area contributed by atoms with Gasteiger partial charge in [-0.05, 0) is 41.8 Å². The maximum Gasteiger partial charge on any atom is 0.336 e. The summed E-state index contributed by atoms with van der Waals surface area (Å²) < 4.78 is 25.2. The largest absolute Gasteiger partial charge is 0.478 e. The second kappa shape index (κ2) is 8.71. The van der Waals surface area contributed by atoms with Crippen molar-refractivity contribution in [2.45, 2.75) is 17.1 Å². The predicted octanol–water partition coefficient (Wildman–Crippen LogP) is 4.01. The molecule has 0 spiro atoms. The molecule has 0 fully saturated rings. The lowest BCUT2D eigenvalue weighted by Gasteiger charge is -2.12. The van der Waals surface area contributed by atoms with Crippen LogP contribution in [0.1, 0.15) is 21.5 Å². The van der Waals surface area contributed by atoms with Crippen LogP contribution >= 0.6 is 0 Å². The van der Waals surface area contributed by atoms with E-state index in [1.54, 1.807) is 30.3 Å². The maximum atomic E-state index is 12.6. The SMILES string of the molecule is O=C(O)c1cc(NCCc2ccccc2)ccc1CS(=O)(=O)c1ccccc1. The highest BCUT2D eigenvalue weighted by Crippen LogP contribution is 2.22. The number of hydrogen-bond acceptors (Lipinski definition) is 4. The van der Waals surface area contributed by atoms with Gasteiger partial charge in [0.1, 0.15) is 0 Å². The van der Waals surface area contributed by atoms with Crippen LogP contribution in [-0.4, -0.2) is 26.0 Å². The highest BCUT2D eigenvalue weighted by Gasteiger charge is 2.20. The van der Waals surface area contributed by atoms with Crippen LogP contribution in [-0.2, 0) is 22.0 Å². The number of carbonyl (C=O) groups is 1. The Morgan fingerprint density at radius 2 is 1.54 bits per heavy atom. The van der Waals surface area contributed by atoms with Crippen LogP contribution in [0, 0.1) is 0 Å². The Morgan fingerprint density at radius 1 is 0.893 bits per heavy atom. The van der Waals surface area contributed by atoms with Crippen molar-refractivity contribution in [3.05, 3.63) is 95.6 Å². The second-order valence-electron chi connectivity index (χ2n) is 6.41. The molecule has 0 saturated carbocycles. The van der Waals surface area contributed by atoms with E-state index >= 15 is 0 Å². The number of rotatable bonds is 8. The van der Waals surface area contributed by atoms with Crippen molar-refractivity contribution in [2.24, 2.45) is 0 Å². The minimum Gasteiger partial charge on any atom is -0.478 e. The second-order valence-corrected chi connectivity index (χ2v) is 8.40.